The van der Waals surface area contributed by atoms with E-state index < -0.39 is 11.5 Å². The summed E-state index contributed by atoms with van der Waals surface area (Å²) in [4.78, 5) is 31.7. The van der Waals surface area contributed by atoms with E-state index in [0.29, 0.717) is 21.9 Å². The van der Waals surface area contributed by atoms with Crippen LogP contribution in [0.25, 0.3) is 21.2 Å². The molecule has 7 nitrogen and oxygen atoms in total. The molecule has 0 aliphatic rings. The Morgan fingerprint density at radius 1 is 1.17 bits per heavy atom. The summed E-state index contributed by atoms with van der Waals surface area (Å²) >= 11 is 1.31. The van der Waals surface area contributed by atoms with E-state index in [2.05, 4.69) is 29.0 Å². The Balaban J connectivity index is 1.63. The van der Waals surface area contributed by atoms with Gasteiger partial charge in [-0.2, -0.15) is 0 Å². The molecule has 0 saturated heterocycles. The Hall–Kier alpha value is -3.39. The van der Waals surface area contributed by atoms with Crippen LogP contribution in [0.5, 0.6) is 5.75 Å². The summed E-state index contributed by atoms with van der Waals surface area (Å²) in [7, 11) is 1.59. The fourth-order valence-corrected chi connectivity index (χ4v) is 4.18. The summed E-state index contributed by atoms with van der Waals surface area (Å²) in [6.45, 7) is 5.83. The van der Waals surface area contributed by atoms with Crippen LogP contribution in [0.4, 0.5) is 10.8 Å². The Kier molecular flexibility index (Phi) is 5.41. The van der Waals surface area contributed by atoms with Crippen LogP contribution in [-0.2, 0) is 0 Å². The van der Waals surface area contributed by atoms with Crippen molar-refractivity contribution >= 4 is 49.2 Å². The van der Waals surface area contributed by atoms with Crippen LogP contribution >= 0.6 is 11.3 Å². The van der Waals surface area contributed by atoms with Gasteiger partial charge in [0.1, 0.15) is 16.9 Å². The third-order valence-corrected chi connectivity index (χ3v) is 5.84. The molecule has 0 aliphatic heterocycles. The molecule has 8 heteroatoms. The first-order chi connectivity index (χ1) is 14.5. The minimum atomic E-state index is -0.681. The number of aromatic nitrogens is 1. The molecular weight excluding hydrogens is 402 g/mol. The lowest BCUT2D eigenvalue weighted by atomic mass is 10.1. The maximum atomic E-state index is 12.7. The van der Waals surface area contributed by atoms with E-state index in [1.165, 1.54) is 11.3 Å². The summed E-state index contributed by atoms with van der Waals surface area (Å²) in [5.74, 6) is 0.160. The number of hydrogen-bond acceptors (Lipinski definition) is 7. The van der Waals surface area contributed by atoms with Gasteiger partial charge in [0.05, 0.1) is 17.3 Å². The van der Waals surface area contributed by atoms with Gasteiger partial charge in [-0.3, -0.25) is 10.1 Å². The molecule has 0 fully saturated rings. The minimum absolute atomic E-state index is 0.0603. The topological polar surface area (TPSA) is 84.7 Å². The summed E-state index contributed by atoms with van der Waals surface area (Å²) < 4.78 is 11.5. The van der Waals surface area contributed by atoms with E-state index >= 15 is 0 Å². The lowest BCUT2D eigenvalue weighted by Crippen LogP contribution is -2.22. The number of nitrogens with one attached hydrogen (secondary N) is 1. The van der Waals surface area contributed by atoms with Gasteiger partial charge in [0.25, 0.3) is 5.91 Å². The number of ether oxygens (including phenoxy) is 1. The molecule has 2 aromatic heterocycles. The number of nitrogens with zero attached hydrogens (tertiary/aromatic N) is 2. The van der Waals surface area contributed by atoms with Crippen molar-refractivity contribution in [1.29, 1.82) is 0 Å². The van der Waals surface area contributed by atoms with Gasteiger partial charge in [0.2, 0.25) is 0 Å². The molecule has 2 aromatic carbocycles. The summed E-state index contributed by atoms with van der Waals surface area (Å²) in [5.41, 5.74) is 1.42. The van der Waals surface area contributed by atoms with Crippen molar-refractivity contribution in [2.24, 2.45) is 0 Å². The molecule has 0 unspecified atom stereocenters. The second kappa shape index (κ2) is 8.16. The smallest absolute Gasteiger partial charge is 0.349 e. The molecule has 4 aromatic rings. The molecule has 0 spiro atoms. The molecule has 0 radical (unpaired) electrons. The highest BCUT2D eigenvalue weighted by atomic mass is 32.1. The van der Waals surface area contributed by atoms with Gasteiger partial charge in [-0.05, 0) is 50.2 Å². The quantitative estimate of drug-likeness (QED) is 0.459. The van der Waals surface area contributed by atoms with Crippen LogP contribution in [-0.4, -0.2) is 31.1 Å². The zero-order valence-corrected chi connectivity index (χ0v) is 17.7. The number of anilines is 2. The average Bonchev–Trinajstić information content (AvgIpc) is 3.15. The first-order valence-electron chi connectivity index (χ1n) is 9.61. The van der Waals surface area contributed by atoms with Crippen LogP contribution in [0.15, 0.2) is 51.7 Å². The van der Waals surface area contributed by atoms with Crippen molar-refractivity contribution in [1.82, 2.24) is 4.98 Å². The van der Waals surface area contributed by atoms with E-state index in [4.69, 9.17) is 9.15 Å². The SMILES string of the molecule is CCN(CC)c1ccc2cc(C(=O)Nc3nc4ccc(OC)cc4s3)c(=O)oc2c1. The number of hydrogen-bond donors (Lipinski definition) is 1. The van der Waals surface area contributed by atoms with E-state index in [1.807, 2.05) is 30.3 Å². The van der Waals surface area contributed by atoms with Crippen molar-refractivity contribution in [2.75, 3.05) is 30.4 Å². The number of benzene rings is 2. The molecule has 1 amide bonds. The summed E-state index contributed by atoms with van der Waals surface area (Å²) in [6.07, 6.45) is 0. The fraction of sp³-hybridized carbons (Fsp3) is 0.227. The van der Waals surface area contributed by atoms with Crippen molar-refractivity contribution in [3.63, 3.8) is 0 Å². The monoisotopic (exact) mass is 423 g/mol. The number of carbonyl (C=O) groups excluding carboxylic acids is 1. The number of carbonyl (C=O) groups is 1. The first kappa shape index (κ1) is 19.9. The lowest BCUT2D eigenvalue weighted by Gasteiger charge is -2.20. The molecule has 30 heavy (non-hydrogen) atoms. The van der Waals surface area contributed by atoms with E-state index in [-0.39, 0.29) is 5.56 Å². The van der Waals surface area contributed by atoms with E-state index in [1.54, 1.807) is 19.2 Å². The Labute approximate surface area is 176 Å². The maximum absolute atomic E-state index is 12.7. The second-order valence-corrected chi connectivity index (χ2v) is 7.68. The average molecular weight is 423 g/mol. The van der Waals surface area contributed by atoms with Gasteiger partial charge in [-0.15, -0.1) is 0 Å². The lowest BCUT2D eigenvalue weighted by molar-refractivity contribution is 0.102. The summed E-state index contributed by atoms with van der Waals surface area (Å²) in [6, 6.07) is 12.7. The Morgan fingerprint density at radius 3 is 2.70 bits per heavy atom. The molecule has 0 bridgehead atoms. The first-order valence-corrected chi connectivity index (χ1v) is 10.4. The molecule has 2 heterocycles. The third kappa shape index (κ3) is 3.73. The molecule has 154 valence electrons. The zero-order valence-electron chi connectivity index (χ0n) is 16.9. The molecule has 0 aliphatic carbocycles. The molecular formula is C22H21N3O4S. The highest BCUT2D eigenvalue weighted by Crippen LogP contribution is 2.29. The van der Waals surface area contributed by atoms with Crippen molar-refractivity contribution in [3.05, 3.63) is 58.4 Å². The molecule has 1 N–H and O–H groups in total. The molecule has 4 rings (SSSR count). The van der Waals surface area contributed by atoms with Crippen molar-refractivity contribution in [2.45, 2.75) is 13.8 Å². The van der Waals surface area contributed by atoms with Crippen LogP contribution in [0.2, 0.25) is 0 Å². The third-order valence-electron chi connectivity index (χ3n) is 4.91. The number of methoxy groups -OCH3 is 1. The maximum Gasteiger partial charge on any atom is 0.349 e. The van der Waals surface area contributed by atoms with E-state index in [0.717, 1.165) is 29.0 Å². The number of amides is 1. The largest absolute Gasteiger partial charge is 0.497 e. The normalized spacial score (nSPS) is 11.0. The van der Waals surface area contributed by atoms with Crippen LogP contribution in [0.1, 0.15) is 24.2 Å². The highest BCUT2D eigenvalue weighted by molar-refractivity contribution is 7.22. The molecule has 0 atom stereocenters. The Bertz CT molecular complexity index is 1290. The van der Waals surface area contributed by atoms with Crippen molar-refractivity contribution in [3.8, 4) is 5.75 Å². The van der Waals surface area contributed by atoms with Crippen LogP contribution in [0.3, 0.4) is 0 Å². The number of thiazole rings is 1. The number of fused-ring (bicyclic) bond motifs is 2. The molecule has 0 saturated carbocycles. The van der Waals surface area contributed by atoms with Crippen molar-refractivity contribution < 1.29 is 13.9 Å². The second-order valence-electron chi connectivity index (χ2n) is 6.65. The predicted molar refractivity (Wildman–Crippen MR) is 120 cm³/mol. The zero-order chi connectivity index (χ0) is 21.3. The minimum Gasteiger partial charge on any atom is -0.497 e. The van der Waals surface area contributed by atoms with E-state index in [9.17, 15) is 9.59 Å². The Morgan fingerprint density at radius 2 is 1.97 bits per heavy atom. The van der Waals surface area contributed by atoms with Crippen LogP contribution in [0, 0.1) is 0 Å². The van der Waals surface area contributed by atoms with Gasteiger partial charge in [-0.1, -0.05) is 11.3 Å². The van der Waals surface area contributed by atoms with Gasteiger partial charge in [0, 0.05) is 30.2 Å². The number of rotatable bonds is 6. The highest BCUT2D eigenvalue weighted by Gasteiger charge is 2.17. The van der Waals surface area contributed by atoms with Gasteiger partial charge in [0.15, 0.2) is 5.13 Å². The predicted octanol–water partition coefficient (Wildman–Crippen LogP) is 4.51. The fourth-order valence-electron chi connectivity index (χ4n) is 3.29. The van der Waals surface area contributed by atoms with Crippen LogP contribution < -0.4 is 20.6 Å². The van der Waals surface area contributed by atoms with Gasteiger partial charge in [-0.25, -0.2) is 9.78 Å². The summed E-state index contributed by atoms with van der Waals surface area (Å²) in [5, 5.41) is 3.79. The standard InChI is InChI=1S/C22H21N3O4S/c1-4-25(5-2)14-7-6-13-10-16(21(27)29-18(13)11-14)20(26)24-22-23-17-9-8-15(28-3)12-19(17)30-22/h6-12H,4-5H2,1-3H3,(H,23,24,26). The van der Waals surface area contributed by atoms with Gasteiger partial charge >= 0.3 is 5.63 Å². The van der Waals surface area contributed by atoms with Gasteiger partial charge < -0.3 is 14.1 Å².